The van der Waals surface area contributed by atoms with Gasteiger partial charge in [0, 0.05) is 29.8 Å². The molecule has 1 aromatic heterocycles. The van der Waals surface area contributed by atoms with Crippen molar-refractivity contribution in [1.82, 2.24) is 9.97 Å². The lowest BCUT2D eigenvalue weighted by molar-refractivity contribution is 0.0893. The number of fused-ring (bicyclic) bond motifs is 1. The highest BCUT2D eigenvalue weighted by Gasteiger charge is 2.23. The summed E-state index contributed by atoms with van der Waals surface area (Å²) in [6.45, 7) is 0.885. The third kappa shape index (κ3) is 6.82. The van der Waals surface area contributed by atoms with Crippen LogP contribution in [0.4, 0.5) is 11.5 Å². The van der Waals surface area contributed by atoms with E-state index in [2.05, 4.69) is 21.4 Å². The second-order valence-corrected chi connectivity index (χ2v) is 8.78. The van der Waals surface area contributed by atoms with Gasteiger partial charge in [0.25, 0.3) is 0 Å². The predicted octanol–water partition coefficient (Wildman–Crippen LogP) is 7.39. The summed E-state index contributed by atoms with van der Waals surface area (Å²) >= 11 is 6.58. The molecular formula is C29H27Cl2N3O4. The highest BCUT2D eigenvalue weighted by Crippen LogP contribution is 2.38. The molecule has 0 saturated heterocycles. The second-order valence-electron chi connectivity index (χ2n) is 8.37. The molecule has 38 heavy (non-hydrogen) atoms. The average molecular weight is 552 g/mol. The van der Waals surface area contributed by atoms with E-state index < -0.39 is 0 Å². The molecule has 3 aromatic carbocycles. The summed E-state index contributed by atoms with van der Waals surface area (Å²) in [7, 11) is 0. The van der Waals surface area contributed by atoms with Crippen molar-refractivity contribution in [2.24, 2.45) is 0 Å². The maximum atomic E-state index is 8.92. The zero-order valence-electron chi connectivity index (χ0n) is 20.4. The van der Waals surface area contributed by atoms with Gasteiger partial charge in [-0.3, -0.25) is 0 Å². The van der Waals surface area contributed by atoms with E-state index in [4.69, 9.17) is 30.9 Å². The fraction of sp³-hybridized carbons (Fsp3) is 0.172. The number of nitrogens with one attached hydrogen (secondary N) is 1. The Hall–Kier alpha value is -3.62. The molecule has 0 bridgehead atoms. The van der Waals surface area contributed by atoms with Gasteiger partial charge in [0.05, 0.1) is 23.9 Å². The van der Waals surface area contributed by atoms with E-state index in [0.29, 0.717) is 35.5 Å². The first-order valence-electron chi connectivity index (χ1n) is 12.0. The average Bonchev–Trinajstić information content (AvgIpc) is 3.33. The summed E-state index contributed by atoms with van der Waals surface area (Å²) in [6, 6.07) is 22.5. The topological polar surface area (TPSA) is 85.7 Å². The number of nitrogens with zero attached hydrogens (tertiary/aromatic N) is 2. The number of anilines is 2. The Balaban J connectivity index is 0.00000336. The van der Waals surface area contributed by atoms with E-state index >= 15 is 0 Å². The summed E-state index contributed by atoms with van der Waals surface area (Å²) in [5, 5.41) is 12.7. The number of ether oxygens (including phenoxy) is 3. The molecule has 196 valence electrons. The SMILES string of the molecule is Cl.OCCOCCC1C=Cc2ncnc(Nc3ccc(Oc4cccc(Oc5ccccc5)c4)c(Cl)c3)c21. The van der Waals surface area contributed by atoms with Crippen LogP contribution in [0, 0.1) is 0 Å². The van der Waals surface area contributed by atoms with Crippen molar-refractivity contribution < 1.29 is 19.3 Å². The van der Waals surface area contributed by atoms with Gasteiger partial charge in [-0.1, -0.05) is 41.9 Å². The lowest BCUT2D eigenvalue weighted by Gasteiger charge is -2.16. The first kappa shape index (κ1) is 27.4. The number of allylic oxidation sites excluding steroid dienone is 1. The quantitative estimate of drug-likeness (QED) is 0.188. The zero-order chi connectivity index (χ0) is 25.5. The first-order chi connectivity index (χ1) is 18.2. The van der Waals surface area contributed by atoms with E-state index in [1.807, 2.05) is 72.8 Å². The number of aliphatic hydroxyl groups is 1. The van der Waals surface area contributed by atoms with E-state index in [-0.39, 0.29) is 24.9 Å². The molecular weight excluding hydrogens is 525 g/mol. The summed E-state index contributed by atoms with van der Waals surface area (Å²) in [5.74, 6) is 3.40. The summed E-state index contributed by atoms with van der Waals surface area (Å²) in [4.78, 5) is 8.87. The van der Waals surface area contributed by atoms with Crippen LogP contribution in [0.3, 0.4) is 0 Å². The van der Waals surface area contributed by atoms with Crippen LogP contribution in [-0.4, -0.2) is 34.9 Å². The fourth-order valence-corrected chi connectivity index (χ4v) is 4.30. The number of rotatable bonds is 11. The monoisotopic (exact) mass is 551 g/mol. The number of aromatic nitrogens is 2. The van der Waals surface area contributed by atoms with Gasteiger partial charge < -0.3 is 24.6 Å². The molecule has 1 aliphatic carbocycles. The number of benzene rings is 3. The Morgan fingerprint density at radius 1 is 0.868 bits per heavy atom. The highest BCUT2D eigenvalue weighted by molar-refractivity contribution is 6.32. The molecule has 1 atom stereocenters. The van der Waals surface area contributed by atoms with Gasteiger partial charge in [0.15, 0.2) is 0 Å². The van der Waals surface area contributed by atoms with Crippen LogP contribution in [0.5, 0.6) is 23.0 Å². The van der Waals surface area contributed by atoms with Gasteiger partial charge in [-0.25, -0.2) is 9.97 Å². The molecule has 0 fully saturated rings. The van der Waals surface area contributed by atoms with Crippen molar-refractivity contribution in [3.8, 4) is 23.0 Å². The molecule has 1 aliphatic rings. The third-order valence-corrected chi connectivity index (χ3v) is 6.08. The largest absolute Gasteiger partial charge is 0.457 e. The summed E-state index contributed by atoms with van der Waals surface area (Å²) in [6.07, 6.45) is 6.41. The van der Waals surface area contributed by atoms with Crippen LogP contribution in [0.2, 0.25) is 5.02 Å². The highest BCUT2D eigenvalue weighted by atomic mass is 35.5. The lowest BCUT2D eigenvalue weighted by Crippen LogP contribution is -2.08. The van der Waals surface area contributed by atoms with E-state index in [1.165, 1.54) is 0 Å². The van der Waals surface area contributed by atoms with Gasteiger partial charge >= 0.3 is 0 Å². The van der Waals surface area contributed by atoms with Gasteiger partial charge in [-0.15, -0.1) is 12.4 Å². The summed E-state index contributed by atoms with van der Waals surface area (Å²) < 4.78 is 17.4. The number of aliphatic hydroxyl groups excluding tert-OH is 1. The third-order valence-electron chi connectivity index (χ3n) is 5.79. The minimum atomic E-state index is 0. The van der Waals surface area contributed by atoms with Crippen molar-refractivity contribution in [2.45, 2.75) is 12.3 Å². The van der Waals surface area contributed by atoms with Crippen LogP contribution in [-0.2, 0) is 4.74 Å². The molecule has 4 aromatic rings. The molecule has 7 nitrogen and oxygen atoms in total. The number of hydrogen-bond donors (Lipinski definition) is 2. The maximum Gasteiger partial charge on any atom is 0.146 e. The van der Waals surface area contributed by atoms with Crippen LogP contribution in [0.1, 0.15) is 23.6 Å². The zero-order valence-corrected chi connectivity index (χ0v) is 22.0. The van der Waals surface area contributed by atoms with Crippen molar-refractivity contribution >= 4 is 41.6 Å². The van der Waals surface area contributed by atoms with Crippen LogP contribution in [0.15, 0.2) is 85.2 Å². The smallest absolute Gasteiger partial charge is 0.146 e. The van der Waals surface area contributed by atoms with Crippen molar-refractivity contribution in [2.75, 3.05) is 25.1 Å². The number of para-hydroxylation sites is 1. The Bertz CT molecular complexity index is 1390. The fourth-order valence-electron chi connectivity index (χ4n) is 4.08. The van der Waals surface area contributed by atoms with Crippen molar-refractivity contribution in [3.63, 3.8) is 0 Å². The first-order valence-corrected chi connectivity index (χ1v) is 12.4. The molecule has 0 saturated carbocycles. The maximum absolute atomic E-state index is 8.92. The van der Waals surface area contributed by atoms with Crippen molar-refractivity contribution in [3.05, 3.63) is 101 Å². The number of halogens is 2. The van der Waals surface area contributed by atoms with Gasteiger partial charge in [-0.2, -0.15) is 0 Å². The lowest BCUT2D eigenvalue weighted by atomic mass is 10.00. The number of hydrogen-bond acceptors (Lipinski definition) is 7. The van der Waals surface area contributed by atoms with Gasteiger partial charge in [-0.05, 0) is 55.0 Å². The minimum Gasteiger partial charge on any atom is -0.457 e. The Morgan fingerprint density at radius 3 is 2.45 bits per heavy atom. The standard InChI is InChI=1S/C29H26ClN3O4.ClH/c30-25-17-21(33-29-28-20(13-15-35-16-14-34)9-11-26(28)31-19-32-29)10-12-27(25)37-24-8-4-7-23(18-24)36-22-5-2-1-3-6-22;/h1-12,17-20,34H,13-16H2,(H,31,32,33);1H. The molecule has 1 unspecified atom stereocenters. The Morgan fingerprint density at radius 2 is 1.66 bits per heavy atom. The van der Waals surface area contributed by atoms with Crippen LogP contribution < -0.4 is 14.8 Å². The van der Waals surface area contributed by atoms with E-state index in [0.717, 1.165) is 34.9 Å². The van der Waals surface area contributed by atoms with Crippen LogP contribution in [0.25, 0.3) is 6.08 Å². The predicted molar refractivity (Wildman–Crippen MR) is 151 cm³/mol. The molecule has 5 rings (SSSR count). The molecule has 0 amide bonds. The molecule has 2 N–H and O–H groups in total. The Kier molecular flexibility index (Phi) is 9.56. The summed E-state index contributed by atoms with van der Waals surface area (Å²) in [5.41, 5.74) is 2.68. The second kappa shape index (κ2) is 13.3. The van der Waals surface area contributed by atoms with E-state index in [1.54, 1.807) is 12.4 Å². The molecule has 0 radical (unpaired) electrons. The minimum absolute atomic E-state index is 0. The molecule has 1 heterocycles. The molecule has 0 aliphatic heterocycles. The normalized spacial score (nSPS) is 13.5. The molecule has 9 heteroatoms. The van der Waals surface area contributed by atoms with Gasteiger partial charge in [0.1, 0.15) is 35.1 Å². The van der Waals surface area contributed by atoms with E-state index in [9.17, 15) is 0 Å². The Labute approximate surface area is 232 Å². The van der Waals surface area contributed by atoms with Crippen LogP contribution >= 0.6 is 24.0 Å². The van der Waals surface area contributed by atoms with Crippen molar-refractivity contribution in [1.29, 1.82) is 0 Å². The van der Waals surface area contributed by atoms with Gasteiger partial charge in [0.2, 0.25) is 0 Å². The molecule has 0 spiro atoms.